The van der Waals surface area contributed by atoms with Crippen LogP contribution in [0.3, 0.4) is 0 Å². The van der Waals surface area contributed by atoms with Gasteiger partial charge in [-0.1, -0.05) is 37.3 Å². The van der Waals surface area contributed by atoms with Gasteiger partial charge in [0.1, 0.15) is 5.82 Å². The van der Waals surface area contributed by atoms with Crippen LogP contribution in [0.4, 0.5) is 0 Å². The third-order valence-corrected chi connectivity index (χ3v) is 6.36. The second-order valence-corrected chi connectivity index (χ2v) is 8.65. The van der Waals surface area contributed by atoms with E-state index in [2.05, 4.69) is 62.8 Å². The standard InChI is InChI=1S/C23H34N4/c1-2-13-27-16-12-24-22(27)18-26-15-7-11-23(20-26)10-6-14-25(19-23)17-21-8-4-3-5-9-21/h3-5,8-9,12,16H,2,6-7,10-11,13-15,17-20H2,1H3. The topological polar surface area (TPSA) is 24.3 Å². The summed E-state index contributed by atoms with van der Waals surface area (Å²) in [5.74, 6) is 1.24. The normalized spacial score (nSPS) is 24.5. The van der Waals surface area contributed by atoms with Gasteiger partial charge in [-0.25, -0.2) is 4.98 Å². The Kier molecular flexibility index (Phi) is 5.94. The average Bonchev–Trinajstić information content (AvgIpc) is 3.10. The van der Waals surface area contributed by atoms with Gasteiger partial charge >= 0.3 is 0 Å². The maximum atomic E-state index is 4.64. The molecule has 1 aromatic heterocycles. The second-order valence-electron chi connectivity index (χ2n) is 8.65. The summed E-state index contributed by atoms with van der Waals surface area (Å²) in [5, 5.41) is 0. The fraction of sp³-hybridized carbons (Fsp3) is 0.609. The predicted octanol–water partition coefficient (Wildman–Crippen LogP) is 4.17. The van der Waals surface area contributed by atoms with Crippen molar-refractivity contribution in [3.63, 3.8) is 0 Å². The minimum atomic E-state index is 0.480. The number of aryl methyl sites for hydroxylation is 1. The number of hydrogen-bond donors (Lipinski definition) is 0. The van der Waals surface area contributed by atoms with Crippen molar-refractivity contribution >= 4 is 0 Å². The highest BCUT2D eigenvalue weighted by Gasteiger charge is 2.39. The SMILES string of the molecule is CCCn1ccnc1CN1CCCC2(CCCN(Cc3ccccc3)C2)C1. The van der Waals surface area contributed by atoms with Crippen molar-refractivity contribution in [1.29, 1.82) is 0 Å². The summed E-state index contributed by atoms with van der Waals surface area (Å²) < 4.78 is 2.34. The first-order valence-electron chi connectivity index (χ1n) is 10.7. The molecule has 4 rings (SSSR count). The fourth-order valence-electron chi connectivity index (χ4n) is 5.20. The number of likely N-dealkylation sites (tertiary alicyclic amines) is 2. The summed E-state index contributed by atoms with van der Waals surface area (Å²) >= 11 is 0. The fourth-order valence-corrected chi connectivity index (χ4v) is 5.20. The summed E-state index contributed by atoms with van der Waals surface area (Å²) in [6, 6.07) is 11.0. The molecule has 146 valence electrons. The summed E-state index contributed by atoms with van der Waals surface area (Å²) in [7, 11) is 0. The Morgan fingerprint density at radius 3 is 2.37 bits per heavy atom. The van der Waals surface area contributed by atoms with Crippen LogP contribution in [0.15, 0.2) is 42.7 Å². The molecule has 4 nitrogen and oxygen atoms in total. The molecule has 27 heavy (non-hydrogen) atoms. The van der Waals surface area contributed by atoms with Crippen LogP contribution in [0, 0.1) is 5.41 Å². The molecule has 2 fully saturated rings. The quantitative estimate of drug-likeness (QED) is 0.767. The molecule has 2 saturated heterocycles. The van der Waals surface area contributed by atoms with Crippen molar-refractivity contribution in [3.8, 4) is 0 Å². The minimum Gasteiger partial charge on any atom is -0.334 e. The third kappa shape index (κ3) is 4.61. The van der Waals surface area contributed by atoms with Gasteiger partial charge in [0.05, 0.1) is 6.54 Å². The molecule has 2 aromatic rings. The van der Waals surface area contributed by atoms with Crippen LogP contribution < -0.4 is 0 Å². The van der Waals surface area contributed by atoms with Crippen molar-refractivity contribution in [2.75, 3.05) is 26.2 Å². The predicted molar refractivity (Wildman–Crippen MR) is 110 cm³/mol. The van der Waals surface area contributed by atoms with Crippen LogP contribution in [0.1, 0.15) is 50.4 Å². The molecule has 0 radical (unpaired) electrons. The molecule has 2 aliphatic rings. The molecule has 3 heterocycles. The first-order chi connectivity index (χ1) is 13.3. The Hall–Kier alpha value is -1.65. The summed E-state index contributed by atoms with van der Waals surface area (Å²) in [4.78, 5) is 10.0. The van der Waals surface area contributed by atoms with E-state index in [9.17, 15) is 0 Å². The average molecular weight is 367 g/mol. The second kappa shape index (κ2) is 8.57. The summed E-state index contributed by atoms with van der Waals surface area (Å²) in [5.41, 5.74) is 1.93. The Morgan fingerprint density at radius 2 is 1.67 bits per heavy atom. The first kappa shape index (κ1) is 18.7. The van der Waals surface area contributed by atoms with Crippen molar-refractivity contribution in [2.45, 2.75) is 58.7 Å². The van der Waals surface area contributed by atoms with E-state index in [1.54, 1.807) is 0 Å². The molecule has 0 aliphatic carbocycles. The molecule has 2 aliphatic heterocycles. The maximum Gasteiger partial charge on any atom is 0.122 e. The Morgan fingerprint density at radius 1 is 0.963 bits per heavy atom. The largest absolute Gasteiger partial charge is 0.334 e. The molecule has 0 amide bonds. The van der Waals surface area contributed by atoms with Crippen LogP contribution >= 0.6 is 0 Å². The summed E-state index contributed by atoms with van der Waals surface area (Å²) in [6.07, 6.45) is 10.7. The van der Waals surface area contributed by atoms with E-state index in [4.69, 9.17) is 0 Å². The zero-order valence-corrected chi connectivity index (χ0v) is 16.8. The van der Waals surface area contributed by atoms with Crippen LogP contribution in [0.5, 0.6) is 0 Å². The Bertz CT molecular complexity index is 706. The van der Waals surface area contributed by atoms with Gasteiger partial charge in [-0.05, 0) is 56.2 Å². The van der Waals surface area contributed by atoms with Gasteiger partial charge in [0.15, 0.2) is 0 Å². The van der Waals surface area contributed by atoms with Crippen molar-refractivity contribution in [3.05, 3.63) is 54.1 Å². The number of imidazole rings is 1. The number of piperidine rings is 2. The lowest BCUT2D eigenvalue weighted by Crippen LogP contribution is -2.52. The number of hydrogen-bond acceptors (Lipinski definition) is 3. The minimum absolute atomic E-state index is 0.480. The number of aromatic nitrogens is 2. The molecule has 1 spiro atoms. The molecule has 0 saturated carbocycles. The van der Waals surface area contributed by atoms with Crippen LogP contribution in [-0.2, 0) is 19.6 Å². The summed E-state index contributed by atoms with van der Waals surface area (Å²) in [6.45, 7) is 10.4. The van der Waals surface area contributed by atoms with Gasteiger partial charge in [-0.2, -0.15) is 0 Å². The van der Waals surface area contributed by atoms with E-state index < -0.39 is 0 Å². The van der Waals surface area contributed by atoms with Gasteiger partial charge in [-0.15, -0.1) is 0 Å². The highest BCUT2D eigenvalue weighted by Crippen LogP contribution is 2.39. The van der Waals surface area contributed by atoms with Crippen LogP contribution in [-0.4, -0.2) is 45.5 Å². The maximum absolute atomic E-state index is 4.64. The van der Waals surface area contributed by atoms with E-state index >= 15 is 0 Å². The van der Waals surface area contributed by atoms with Crippen molar-refractivity contribution in [1.82, 2.24) is 19.4 Å². The van der Waals surface area contributed by atoms with E-state index in [0.717, 1.165) is 19.6 Å². The van der Waals surface area contributed by atoms with E-state index in [0.29, 0.717) is 5.41 Å². The van der Waals surface area contributed by atoms with Crippen molar-refractivity contribution < 1.29 is 0 Å². The Balaban J connectivity index is 1.39. The van der Waals surface area contributed by atoms with Gasteiger partial charge in [0.25, 0.3) is 0 Å². The van der Waals surface area contributed by atoms with E-state index in [-0.39, 0.29) is 0 Å². The number of nitrogens with zero attached hydrogens (tertiary/aromatic N) is 4. The zero-order chi connectivity index (χ0) is 18.5. The molecular weight excluding hydrogens is 332 g/mol. The van der Waals surface area contributed by atoms with E-state index in [1.165, 1.54) is 69.7 Å². The lowest BCUT2D eigenvalue weighted by atomic mass is 9.73. The van der Waals surface area contributed by atoms with Gasteiger partial charge in [0.2, 0.25) is 0 Å². The van der Waals surface area contributed by atoms with Crippen LogP contribution in [0.25, 0.3) is 0 Å². The molecule has 4 heteroatoms. The molecular formula is C23H34N4. The molecule has 0 bridgehead atoms. The lowest BCUT2D eigenvalue weighted by molar-refractivity contribution is 0.00659. The van der Waals surface area contributed by atoms with Crippen molar-refractivity contribution in [2.24, 2.45) is 5.41 Å². The van der Waals surface area contributed by atoms with Gasteiger partial charge in [-0.3, -0.25) is 9.80 Å². The smallest absolute Gasteiger partial charge is 0.122 e. The van der Waals surface area contributed by atoms with Crippen LogP contribution in [0.2, 0.25) is 0 Å². The number of rotatable bonds is 6. The van der Waals surface area contributed by atoms with E-state index in [1.807, 2.05) is 6.20 Å². The monoisotopic (exact) mass is 366 g/mol. The molecule has 0 N–H and O–H groups in total. The number of benzene rings is 1. The highest BCUT2D eigenvalue weighted by molar-refractivity contribution is 5.14. The van der Waals surface area contributed by atoms with Gasteiger partial charge in [0, 0.05) is 38.6 Å². The Labute approximate surface area is 164 Å². The van der Waals surface area contributed by atoms with Gasteiger partial charge < -0.3 is 4.57 Å². The highest BCUT2D eigenvalue weighted by atomic mass is 15.2. The zero-order valence-electron chi connectivity index (χ0n) is 16.8. The third-order valence-electron chi connectivity index (χ3n) is 6.36. The first-order valence-corrected chi connectivity index (χ1v) is 10.7. The molecule has 1 aromatic carbocycles. The molecule has 1 atom stereocenters. The molecule has 1 unspecified atom stereocenters. The lowest BCUT2D eigenvalue weighted by Gasteiger charge is -2.48.